The fourth-order valence-electron chi connectivity index (χ4n) is 1.08. The zero-order valence-electron chi connectivity index (χ0n) is 7.88. The monoisotopic (exact) mass is 348 g/mol. The minimum absolute atomic E-state index is 0.0907. The first kappa shape index (κ1) is 13.5. The van der Waals surface area contributed by atoms with Crippen LogP contribution in [0.1, 0.15) is 11.3 Å². The number of nitrogens with two attached hydrogens (primary N) is 1. The minimum atomic E-state index is -4.80. The van der Waals surface area contributed by atoms with Crippen LogP contribution < -0.4 is 10.5 Å². The van der Waals surface area contributed by atoms with E-state index in [9.17, 15) is 13.2 Å². The lowest BCUT2D eigenvalue weighted by molar-refractivity contribution is -0.276. The lowest BCUT2D eigenvalue weighted by atomic mass is 10.2. The van der Waals surface area contributed by atoms with Gasteiger partial charge < -0.3 is 15.6 Å². The highest BCUT2D eigenvalue weighted by molar-refractivity contribution is 14.1. The molecule has 3 N–H and O–H groups in total. The summed E-state index contributed by atoms with van der Waals surface area (Å²) in [5, 5.41) is 8.94. The van der Waals surface area contributed by atoms with E-state index in [1.807, 2.05) is 22.6 Å². The van der Waals surface area contributed by atoms with E-state index in [4.69, 9.17) is 10.8 Å². The Morgan fingerprint density at radius 2 is 2.12 bits per heavy atom. The highest BCUT2D eigenvalue weighted by Crippen LogP contribution is 2.25. The molecule has 0 radical (unpaired) electrons. The van der Waals surface area contributed by atoms with Crippen molar-refractivity contribution in [2.24, 2.45) is 5.73 Å². The van der Waals surface area contributed by atoms with Crippen molar-refractivity contribution in [2.45, 2.75) is 19.5 Å². The number of ether oxygens (including phenoxy) is 1. The smallest absolute Gasteiger partial charge is 0.390 e. The Hall–Kier alpha value is -0.610. The van der Waals surface area contributed by atoms with E-state index in [0.29, 0.717) is 9.13 Å². The summed E-state index contributed by atoms with van der Waals surface area (Å²) >= 11 is 1.81. The van der Waals surface area contributed by atoms with Gasteiger partial charge in [0.15, 0.2) is 0 Å². The number of pyridine rings is 1. The number of aliphatic hydroxyl groups is 1. The second kappa shape index (κ2) is 5.15. The molecule has 0 aliphatic carbocycles. The Morgan fingerprint density at radius 1 is 1.50 bits per heavy atom. The fourth-order valence-corrected chi connectivity index (χ4v) is 1.88. The van der Waals surface area contributed by atoms with Crippen LogP contribution in [0.4, 0.5) is 13.2 Å². The van der Waals surface area contributed by atoms with Gasteiger partial charge >= 0.3 is 6.36 Å². The summed E-state index contributed by atoms with van der Waals surface area (Å²) in [6, 6.07) is 1.12. The molecule has 0 aliphatic rings. The van der Waals surface area contributed by atoms with Crippen LogP contribution in [-0.4, -0.2) is 16.5 Å². The molecule has 0 saturated heterocycles. The van der Waals surface area contributed by atoms with Crippen LogP contribution in [0.25, 0.3) is 0 Å². The van der Waals surface area contributed by atoms with Gasteiger partial charge in [-0.2, -0.15) is 0 Å². The number of rotatable bonds is 3. The predicted molar refractivity (Wildman–Crippen MR) is 57.5 cm³/mol. The third kappa shape index (κ3) is 3.46. The first-order valence-corrected chi connectivity index (χ1v) is 5.20. The Bertz CT molecular complexity index is 384. The average molecular weight is 348 g/mol. The molecule has 90 valence electrons. The van der Waals surface area contributed by atoms with Crippen LogP contribution in [0.2, 0.25) is 0 Å². The van der Waals surface area contributed by atoms with E-state index in [-0.39, 0.29) is 12.2 Å². The van der Waals surface area contributed by atoms with Crippen molar-refractivity contribution in [1.29, 1.82) is 0 Å². The minimum Gasteiger partial charge on any atom is -0.390 e. The zero-order valence-corrected chi connectivity index (χ0v) is 10.0. The number of aromatic nitrogens is 1. The molecule has 1 rings (SSSR count). The van der Waals surface area contributed by atoms with Gasteiger partial charge in [0, 0.05) is 21.7 Å². The highest BCUT2D eigenvalue weighted by atomic mass is 127. The molecule has 0 aromatic carbocycles. The maximum atomic E-state index is 11.9. The molecule has 1 heterocycles. The van der Waals surface area contributed by atoms with Crippen LogP contribution in [0.15, 0.2) is 6.07 Å². The molecular formula is C8H8F3IN2O2. The van der Waals surface area contributed by atoms with Crippen LogP contribution in [0.3, 0.4) is 0 Å². The molecule has 8 heteroatoms. The second-order valence-corrected chi connectivity index (χ2v) is 3.94. The molecular weight excluding hydrogens is 340 g/mol. The Balaban J connectivity index is 3.10. The van der Waals surface area contributed by atoms with Crippen LogP contribution >= 0.6 is 22.6 Å². The Kier molecular flexibility index (Phi) is 4.33. The van der Waals surface area contributed by atoms with Crippen molar-refractivity contribution in [3.8, 4) is 5.88 Å². The summed E-state index contributed by atoms with van der Waals surface area (Å²) in [7, 11) is 0. The maximum Gasteiger partial charge on any atom is 0.574 e. The molecule has 0 spiro atoms. The Morgan fingerprint density at radius 3 is 2.56 bits per heavy atom. The number of alkyl halides is 3. The molecule has 0 fully saturated rings. The largest absolute Gasteiger partial charge is 0.574 e. The van der Waals surface area contributed by atoms with Gasteiger partial charge in [0.1, 0.15) is 0 Å². The quantitative estimate of drug-likeness (QED) is 0.814. The van der Waals surface area contributed by atoms with E-state index >= 15 is 0 Å². The number of nitrogens with zero attached hydrogens (tertiary/aromatic N) is 1. The van der Waals surface area contributed by atoms with Crippen molar-refractivity contribution >= 4 is 22.6 Å². The van der Waals surface area contributed by atoms with Gasteiger partial charge in [-0.1, -0.05) is 0 Å². The average Bonchev–Trinajstić information content (AvgIpc) is 2.14. The van der Waals surface area contributed by atoms with Gasteiger partial charge in [0.05, 0.1) is 12.3 Å². The summed E-state index contributed by atoms with van der Waals surface area (Å²) in [4.78, 5) is 3.53. The molecule has 4 nitrogen and oxygen atoms in total. The van der Waals surface area contributed by atoms with Crippen LogP contribution in [0, 0.1) is 3.57 Å². The van der Waals surface area contributed by atoms with Gasteiger partial charge in [-0.05, 0) is 22.6 Å². The molecule has 0 unspecified atom stereocenters. The van der Waals surface area contributed by atoms with Gasteiger partial charge in [-0.15, -0.1) is 13.2 Å². The zero-order chi connectivity index (χ0) is 12.3. The van der Waals surface area contributed by atoms with Crippen LogP contribution in [-0.2, 0) is 13.2 Å². The van der Waals surface area contributed by atoms with E-state index in [1.165, 1.54) is 0 Å². The lowest BCUT2D eigenvalue weighted by Gasteiger charge is -2.12. The van der Waals surface area contributed by atoms with Gasteiger partial charge in [0.2, 0.25) is 5.88 Å². The third-order valence-corrected chi connectivity index (χ3v) is 2.67. The SMILES string of the molecule is NCc1c(I)cc(OC(F)(F)F)nc1CO. The highest BCUT2D eigenvalue weighted by Gasteiger charge is 2.32. The number of halogens is 4. The van der Waals surface area contributed by atoms with E-state index < -0.39 is 18.8 Å². The molecule has 0 aliphatic heterocycles. The van der Waals surface area contributed by atoms with Gasteiger partial charge in [-0.3, -0.25) is 0 Å². The molecule has 1 aromatic rings. The fraction of sp³-hybridized carbons (Fsp3) is 0.375. The molecule has 0 saturated carbocycles. The third-order valence-electron chi connectivity index (χ3n) is 1.71. The van der Waals surface area contributed by atoms with Gasteiger partial charge in [-0.25, -0.2) is 4.98 Å². The van der Waals surface area contributed by atoms with E-state index in [1.54, 1.807) is 0 Å². The number of hydrogen-bond donors (Lipinski definition) is 2. The van der Waals surface area contributed by atoms with Crippen molar-refractivity contribution < 1.29 is 23.0 Å². The molecule has 16 heavy (non-hydrogen) atoms. The number of hydrogen-bond acceptors (Lipinski definition) is 4. The normalized spacial score (nSPS) is 11.6. The lowest BCUT2D eigenvalue weighted by Crippen LogP contribution is -2.19. The predicted octanol–water partition coefficient (Wildman–Crippen LogP) is 1.54. The van der Waals surface area contributed by atoms with E-state index in [2.05, 4.69) is 9.72 Å². The molecule has 1 aromatic heterocycles. The Labute approximate surface area is 103 Å². The molecule has 0 amide bonds. The van der Waals surface area contributed by atoms with E-state index in [0.717, 1.165) is 6.07 Å². The first-order chi connectivity index (χ1) is 7.37. The first-order valence-electron chi connectivity index (χ1n) is 4.12. The summed E-state index contributed by atoms with van der Waals surface area (Å²) in [5.74, 6) is -0.599. The van der Waals surface area contributed by atoms with Gasteiger partial charge in [0.25, 0.3) is 0 Å². The van der Waals surface area contributed by atoms with Crippen molar-refractivity contribution in [2.75, 3.05) is 0 Å². The van der Waals surface area contributed by atoms with Crippen LogP contribution in [0.5, 0.6) is 5.88 Å². The number of aliphatic hydroxyl groups excluding tert-OH is 1. The van der Waals surface area contributed by atoms with Crippen molar-refractivity contribution in [3.05, 3.63) is 20.9 Å². The maximum absolute atomic E-state index is 11.9. The summed E-state index contributed by atoms with van der Waals surface area (Å²) < 4.78 is 39.9. The standard InChI is InChI=1S/C8H8F3IN2O2/c9-8(10,11)16-7-1-5(12)4(2-13)6(3-15)14-7/h1,15H,2-3,13H2. The molecule has 0 bridgehead atoms. The summed E-state index contributed by atoms with van der Waals surface area (Å²) in [6.45, 7) is -0.398. The topological polar surface area (TPSA) is 68.4 Å². The second-order valence-electron chi connectivity index (χ2n) is 2.78. The summed E-state index contributed by atoms with van der Waals surface area (Å²) in [6.07, 6.45) is -4.80. The van der Waals surface area contributed by atoms with Crippen molar-refractivity contribution in [3.63, 3.8) is 0 Å². The summed E-state index contributed by atoms with van der Waals surface area (Å²) in [5.41, 5.74) is 5.99. The van der Waals surface area contributed by atoms with Crippen molar-refractivity contribution in [1.82, 2.24) is 4.98 Å². The molecule has 0 atom stereocenters.